The molecule has 5 rings (SSSR count). The number of amides is 4. The molecule has 2 fully saturated rings. The molecule has 2 aliphatic heterocycles. The van der Waals surface area contributed by atoms with Crippen molar-refractivity contribution in [2.45, 2.75) is 31.7 Å². The van der Waals surface area contributed by atoms with Gasteiger partial charge in [0, 0.05) is 26.6 Å². The van der Waals surface area contributed by atoms with Crippen LogP contribution in [0.4, 0.5) is 9.18 Å². The number of carbonyl (C=O) groups is 3. The first kappa shape index (κ1) is 27.1. The number of fused-ring (bicyclic) bond motifs is 1. The first-order valence-electron chi connectivity index (χ1n) is 13.1. The maximum Gasteiger partial charge on any atom is 0.334 e. The molecular weight excluding hydrogens is 513 g/mol. The lowest BCUT2D eigenvalue weighted by molar-refractivity contribution is -0.187. The Bertz CT molecular complexity index is 1350. The fourth-order valence-electron chi connectivity index (χ4n) is 5.30. The summed E-state index contributed by atoms with van der Waals surface area (Å²) in [6.45, 7) is 0.612. The molecule has 40 heavy (non-hydrogen) atoms. The van der Waals surface area contributed by atoms with Crippen molar-refractivity contribution in [3.63, 3.8) is 0 Å². The summed E-state index contributed by atoms with van der Waals surface area (Å²) in [4.78, 5) is 44.1. The third-order valence-electron chi connectivity index (χ3n) is 7.31. The van der Waals surface area contributed by atoms with Crippen molar-refractivity contribution >= 4 is 17.8 Å². The van der Waals surface area contributed by atoms with Crippen LogP contribution in [-0.4, -0.2) is 77.1 Å². The molecule has 0 saturated carbocycles. The van der Waals surface area contributed by atoms with E-state index in [1.165, 1.54) is 17.1 Å². The second-order valence-electron chi connectivity index (χ2n) is 10.00. The molecule has 0 bridgehead atoms. The molecule has 208 valence electrons. The molecule has 0 aromatic heterocycles. The summed E-state index contributed by atoms with van der Waals surface area (Å²) in [7, 11) is 3.28. The van der Waals surface area contributed by atoms with Crippen LogP contribution in [0, 0.1) is 5.82 Å². The van der Waals surface area contributed by atoms with Crippen molar-refractivity contribution in [1.29, 1.82) is 0 Å². The Morgan fingerprint density at radius 3 is 2.30 bits per heavy atom. The third kappa shape index (κ3) is 5.76. The molecule has 3 aromatic rings. The molecule has 0 radical (unpaired) electrons. The highest BCUT2D eigenvalue weighted by Crippen LogP contribution is 2.29. The highest BCUT2D eigenvalue weighted by Gasteiger charge is 2.50. The van der Waals surface area contributed by atoms with Crippen LogP contribution in [0.1, 0.15) is 16.7 Å². The Kier molecular flexibility index (Phi) is 7.97. The molecule has 4 amide bonds. The van der Waals surface area contributed by atoms with E-state index in [9.17, 15) is 18.8 Å². The number of likely N-dealkylation sites (N-methyl/N-ethyl adjacent to an activating group) is 1. The van der Waals surface area contributed by atoms with Crippen LogP contribution in [0.2, 0.25) is 0 Å². The Balaban J connectivity index is 1.43. The number of halogens is 1. The van der Waals surface area contributed by atoms with Crippen LogP contribution in [0.5, 0.6) is 5.75 Å². The zero-order valence-corrected chi connectivity index (χ0v) is 22.5. The summed E-state index contributed by atoms with van der Waals surface area (Å²) in [6, 6.07) is 21.7. The van der Waals surface area contributed by atoms with Gasteiger partial charge in [-0.3, -0.25) is 9.59 Å². The maximum atomic E-state index is 13.9. The maximum absolute atomic E-state index is 13.9. The van der Waals surface area contributed by atoms with E-state index in [2.05, 4.69) is 5.32 Å². The highest BCUT2D eigenvalue weighted by molar-refractivity contribution is 5.91. The predicted octanol–water partition coefficient (Wildman–Crippen LogP) is 3.01. The topological polar surface area (TPSA) is 85.4 Å². The largest absolute Gasteiger partial charge is 0.497 e. The second-order valence-corrected chi connectivity index (χ2v) is 10.00. The number of nitrogens with zero attached hydrogens (tertiary/aromatic N) is 4. The number of hydrogen-bond donors (Lipinski definition) is 1. The van der Waals surface area contributed by atoms with Crippen LogP contribution < -0.4 is 10.1 Å². The lowest BCUT2D eigenvalue weighted by Gasteiger charge is -2.54. The van der Waals surface area contributed by atoms with Gasteiger partial charge in [0.15, 0.2) is 0 Å². The van der Waals surface area contributed by atoms with E-state index < -0.39 is 18.2 Å². The van der Waals surface area contributed by atoms with Crippen LogP contribution >= 0.6 is 0 Å². The first-order chi connectivity index (χ1) is 19.3. The van der Waals surface area contributed by atoms with Gasteiger partial charge in [0.2, 0.25) is 11.8 Å². The Hall–Kier alpha value is -4.44. The zero-order valence-electron chi connectivity index (χ0n) is 22.5. The summed E-state index contributed by atoms with van der Waals surface area (Å²) in [5.41, 5.74) is 2.57. The minimum Gasteiger partial charge on any atom is -0.497 e. The van der Waals surface area contributed by atoms with E-state index in [1.54, 1.807) is 41.1 Å². The summed E-state index contributed by atoms with van der Waals surface area (Å²) in [5, 5.41) is 5.98. The number of carbonyl (C=O) groups excluding carboxylic acids is 3. The van der Waals surface area contributed by atoms with E-state index in [0.717, 1.165) is 16.7 Å². The molecule has 0 aliphatic carbocycles. The molecule has 0 unspecified atom stereocenters. The highest BCUT2D eigenvalue weighted by atomic mass is 19.1. The lowest BCUT2D eigenvalue weighted by Crippen LogP contribution is -2.76. The molecule has 10 heteroatoms. The molecule has 9 nitrogen and oxygen atoms in total. The average molecular weight is 546 g/mol. The number of nitrogens with one attached hydrogen (secondary N) is 1. The van der Waals surface area contributed by atoms with E-state index >= 15 is 0 Å². The average Bonchev–Trinajstić information content (AvgIpc) is 2.95. The predicted molar refractivity (Wildman–Crippen MR) is 146 cm³/mol. The van der Waals surface area contributed by atoms with Crippen molar-refractivity contribution in [2.75, 3.05) is 27.2 Å². The second kappa shape index (κ2) is 11.7. The molecule has 2 atom stereocenters. The Morgan fingerprint density at radius 2 is 1.62 bits per heavy atom. The third-order valence-corrected chi connectivity index (χ3v) is 7.31. The summed E-state index contributed by atoms with van der Waals surface area (Å²) in [6.07, 6.45) is -0.375. The van der Waals surface area contributed by atoms with E-state index in [-0.39, 0.29) is 37.3 Å². The standard InChI is InChI=1S/C30H32FN5O4/c1-33-20-28(37)35-26(16-21-6-4-3-5-7-21)29(38)34(18-23-10-14-25(40-2)15-11-23)19-27(35)36(33)30(39)32-17-22-8-12-24(31)13-9-22/h3-15,26-27H,16-20H2,1-2H3,(H,32,39)/t26-,27-/m0/s1. The minimum absolute atomic E-state index is 0.0441. The molecule has 2 heterocycles. The summed E-state index contributed by atoms with van der Waals surface area (Å²) in [5.74, 6) is -0.0208. The van der Waals surface area contributed by atoms with Gasteiger partial charge < -0.3 is 19.9 Å². The van der Waals surface area contributed by atoms with Crippen molar-refractivity contribution in [3.05, 3.63) is 101 Å². The fourth-order valence-corrected chi connectivity index (χ4v) is 5.30. The van der Waals surface area contributed by atoms with Crippen molar-refractivity contribution in [1.82, 2.24) is 25.1 Å². The van der Waals surface area contributed by atoms with Crippen LogP contribution in [0.3, 0.4) is 0 Å². The minimum atomic E-state index is -0.770. The van der Waals surface area contributed by atoms with Crippen LogP contribution in [0.15, 0.2) is 78.9 Å². The molecule has 2 aliphatic rings. The Labute approximate surface area is 232 Å². The summed E-state index contributed by atoms with van der Waals surface area (Å²) >= 11 is 0. The number of piperazine rings is 1. The van der Waals surface area contributed by atoms with Gasteiger partial charge in [0.1, 0.15) is 23.8 Å². The van der Waals surface area contributed by atoms with E-state index in [4.69, 9.17) is 4.74 Å². The Morgan fingerprint density at radius 1 is 0.950 bits per heavy atom. The lowest BCUT2D eigenvalue weighted by atomic mass is 9.98. The number of ether oxygens (including phenoxy) is 1. The zero-order chi connectivity index (χ0) is 28.2. The number of benzene rings is 3. The van der Waals surface area contributed by atoms with E-state index in [1.807, 2.05) is 54.6 Å². The van der Waals surface area contributed by atoms with Gasteiger partial charge in [-0.1, -0.05) is 54.6 Å². The van der Waals surface area contributed by atoms with Gasteiger partial charge >= 0.3 is 6.03 Å². The van der Waals surface area contributed by atoms with Gasteiger partial charge in [0.05, 0.1) is 20.2 Å². The number of urea groups is 1. The van der Waals surface area contributed by atoms with E-state index in [0.29, 0.717) is 18.7 Å². The first-order valence-corrected chi connectivity index (χ1v) is 13.1. The van der Waals surface area contributed by atoms with Gasteiger partial charge in [-0.15, -0.1) is 0 Å². The monoisotopic (exact) mass is 545 g/mol. The van der Waals surface area contributed by atoms with Gasteiger partial charge in [0.25, 0.3) is 0 Å². The number of rotatable bonds is 7. The fraction of sp³-hybridized carbons (Fsp3) is 0.300. The van der Waals surface area contributed by atoms with Crippen molar-refractivity contribution in [3.8, 4) is 5.75 Å². The summed E-state index contributed by atoms with van der Waals surface area (Å²) < 4.78 is 18.6. The molecule has 2 saturated heterocycles. The molecule has 3 aromatic carbocycles. The quantitative estimate of drug-likeness (QED) is 0.494. The van der Waals surface area contributed by atoms with Gasteiger partial charge in [-0.2, -0.15) is 0 Å². The molecular formula is C30H32FN5O4. The van der Waals surface area contributed by atoms with Crippen LogP contribution in [-0.2, 0) is 29.1 Å². The normalized spacial score (nSPS) is 19.4. The van der Waals surface area contributed by atoms with Crippen LogP contribution in [0.25, 0.3) is 0 Å². The number of hydrazine groups is 1. The van der Waals surface area contributed by atoms with Gasteiger partial charge in [-0.25, -0.2) is 19.2 Å². The molecule has 0 spiro atoms. The molecule has 1 N–H and O–H groups in total. The van der Waals surface area contributed by atoms with Crippen molar-refractivity contribution < 1.29 is 23.5 Å². The van der Waals surface area contributed by atoms with Gasteiger partial charge in [-0.05, 0) is 41.0 Å². The van der Waals surface area contributed by atoms with Crippen molar-refractivity contribution in [2.24, 2.45) is 0 Å². The SMILES string of the molecule is COc1ccc(CN2C[C@H]3N(C(=O)CN(C)N3C(=O)NCc3ccc(F)cc3)[C@@H](Cc3ccccc3)C2=O)cc1. The smallest absolute Gasteiger partial charge is 0.334 e. The number of hydrogen-bond acceptors (Lipinski definition) is 5. The number of methoxy groups -OCH3 is 1.